The lowest BCUT2D eigenvalue weighted by Gasteiger charge is -2.13. The highest BCUT2D eigenvalue weighted by atomic mass is 32.2. The molecule has 6 nitrogen and oxygen atoms in total. The number of thiophene rings is 1. The first-order valence-corrected chi connectivity index (χ1v) is 11.0. The number of carbonyl (C=O) groups excluding carboxylic acids is 1. The van der Waals surface area contributed by atoms with Crippen LogP contribution >= 0.6 is 23.1 Å². The van der Waals surface area contributed by atoms with Crippen LogP contribution in [0.4, 0.5) is 0 Å². The van der Waals surface area contributed by atoms with E-state index in [1.165, 1.54) is 16.6 Å². The maximum atomic E-state index is 13.1. The average molecular weight is 416 g/mol. The molecular formula is C20H21N3O3S2. The van der Waals surface area contributed by atoms with Crippen molar-refractivity contribution in [2.75, 3.05) is 5.75 Å². The summed E-state index contributed by atoms with van der Waals surface area (Å²) in [6.45, 7) is 6.00. The van der Waals surface area contributed by atoms with E-state index >= 15 is 0 Å². The molecule has 28 heavy (non-hydrogen) atoms. The summed E-state index contributed by atoms with van der Waals surface area (Å²) in [6.07, 6.45) is 6.33. The summed E-state index contributed by atoms with van der Waals surface area (Å²) >= 11 is 2.88. The van der Waals surface area contributed by atoms with Gasteiger partial charge in [-0.2, -0.15) is 0 Å². The van der Waals surface area contributed by atoms with Crippen molar-refractivity contribution in [3.63, 3.8) is 0 Å². The van der Waals surface area contributed by atoms with Gasteiger partial charge in [0.05, 0.1) is 23.4 Å². The Bertz CT molecular complexity index is 1080. The average Bonchev–Trinajstić information content (AvgIpc) is 3.39. The molecule has 3 aromatic rings. The third-order valence-electron chi connectivity index (χ3n) is 4.78. The molecule has 1 aliphatic rings. The Kier molecular flexibility index (Phi) is 5.41. The van der Waals surface area contributed by atoms with Crippen LogP contribution in [-0.2, 0) is 24.2 Å². The van der Waals surface area contributed by atoms with Gasteiger partial charge in [-0.05, 0) is 43.9 Å². The summed E-state index contributed by atoms with van der Waals surface area (Å²) in [5.74, 6) is 0.738. The maximum absolute atomic E-state index is 13.1. The van der Waals surface area contributed by atoms with E-state index in [0.29, 0.717) is 17.5 Å². The first-order valence-electron chi connectivity index (χ1n) is 9.20. The molecule has 0 unspecified atom stereocenters. The van der Waals surface area contributed by atoms with Crippen molar-refractivity contribution in [1.82, 2.24) is 14.9 Å². The van der Waals surface area contributed by atoms with Crippen LogP contribution in [0.3, 0.4) is 0 Å². The van der Waals surface area contributed by atoms with Gasteiger partial charge in [-0.3, -0.25) is 14.2 Å². The van der Waals surface area contributed by atoms with E-state index in [1.807, 2.05) is 13.0 Å². The van der Waals surface area contributed by atoms with E-state index in [1.54, 1.807) is 34.3 Å². The van der Waals surface area contributed by atoms with E-state index in [2.05, 4.69) is 11.9 Å². The third kappa shape index (κ3) is 3.54. The van der Waals surface area contributed by atoms with Crippen LogP contribution in [0.2, 0.25) is 0 Å². The van der Waals surface area contributed by atoms with Crippen LogP contribution < -0.4 is 10.9 Å². The number of hydrogen-bond acceptors (Lipinski definition) is 6. The molecule has 4 rings (SSSR count). The molecule has 0 radical (unpaired) electrons. The van der Waals surface area contributed by atoms with Gasteiger partial charge in [-0.1, -0.05) is 17.8 Å². The number of carbonyl (C=O) groups is 1. The van der Waals surface area contributed by atoms with Gasteiger partial charge in [0, 0.05) is 11.4 Å². The minimum atomic E-state index is -0.214. The zero-order chi connectivity index (χ0) is 19.7. The molecular weight excluding hydrogens is 394 g/mol. The van der Waals surface area contributed by atoms with Gasteiger partial charge in [-0.15, -0.1) is 17.9 Å². The molecule has 0 aliphatic heterocycles. The molecule has 0 saturated heterocycles. The summed E-state index contributed by atoms with van der Waals surface area (Å²) < 4.78 is 6.93. The Balaban J connectivity index is 1.56. The predicted molar refractivity (Wildman–Crippen MR) is 112 cm³/mol. The fourth-order valence-corrected chi connectivity index (χ4v) is 5.60. The van der Waals surface area contributed by atoms with Gasteiger partial charge < -0.3 is 9.73 Å². The first-order chi connectivity index (χ1) is 13.6. The van der Waals surface area contributed by atoms with E-state index in [0.717, 1.165) is 35.0 Å². The summed E-state index contributed by atoms with van der Waals surface area (Å²) in [6, 6.07) is 3.40. The molecule has 1 atom stereocenters. The van der Waals surface area contributed by atoms with Gasteiger partial charge in [0.1, 0.15) is 10.6 Å². The van der Waals surface area contributed by atoms with Crippen LogP contribution in [0, 0.1) is 0 Å². The first kappa shape index (κ1) is 19.0. The second kappa shape index (κ2) is 7.97. The van der Waals surface area contributed by atoms with Crippen LogP contribution in [0.15, 0.2) is 45.4 Å². The molecule has 0 aromatic carbocycles. The van der Waals surface area contributed by atoms with Crippen molar-refractivity contribution in [2.45, 2.75) is 43.9 Å². The number of aryl methyl sites for hydroxylation is 2. The van der Waals surface area contributed by atoms with Crippen molar-refractivity contribution >= 4 is 39.2 Å². The fraction of sp³-hybridized carbons (Fsp3) is 0.350. The maximum Gasteiger partial charge on any atom is 0.263 e. The van der Waals surface area contributed by atoms with Crippen LogP contribution in [0.5, 0.6) is 0 Å². The number of nitrogens with one attached hydrogen (secondary N) is 1. The predicted octanol–water partition coefficient (Wildman–Crippen LogP) is 3.70. The molecule has 1 amide bonds. The lowest BCUT2D eigenvalue weighted by molar-refractivity contribution is -0.119. The molecule has 1 aliphatic carbocycles. The molecule has 0 saturated carbocycles. The lowest BCUT2D eigenvalue weighted by atomic mass is 10.2. The van der Waals surface area contributed by atoms with Gasteiger partial charge >= 0.3 is 0 Å². The van der Waals surface area contributed by atoms with Gasteiger partial charge in [0.15, 0.2) is 5.16 Å². The van der Waals surface area contributed by atoms with E-state index < -0.39 is 0 Å². The van der Waals surface area contributed by atoms with E-state index in [9.17, 15) is 9.59 Å². The third-order valence-corrected chi connectivity index (χ3v) is 6.94. The van der Waals surface area contributed by atoms with Crippen LogP contribution in [0.25, 0.3) is 10.2 Å². The number of furan rings is 1. The number of amides is 1. The topological polar surface area (TPSA) is 77.1 Å². The normalized spacial score (nSPS) is 14.2. The Morgan fingerprint density at radius 3 is 3.14 bits per heavy atom. The molecule has 0 fully saturated rings. The zero-order valence-corrected chi connectivity index (χ0v) is 17.2. The molecule has 8 heteroatoms. The van der Waals surface area contributed by atoms with Gasteiger partial charge in [0.25, 0.3) is 5.56 Å². The number of aromatic nitrogens is 2. The monoisotopic (exact) mass is 415 g/mol. The molecule has 1 N–H and O–H groups in total. The highest BCUT2D eigenvalue weighted by molar-refractivity contribution is 7.99. The second-order valence-electron chi connectivity index (χ2n) is 6.73. The quantitative estimate of drug-likeness (QED) is 0.362. The van der Waals surface area contributed by atoms with Crippen LogP contribution in [0.1, 0.15) is 35.6 Å². The second-order valence-corrected chi connectivity index (χ2v) is 8.76. The van der Waals surface area contributed by atoms with Crippen molar-refractivity contribution < 1.29 is 9.21 Å². The van der Waals surface area contributed by atoms with E-state index in [-0.39, 0.29) is 23.3 Å². The largest absolute Gasteiger partial charge is 0.467 e. The number of fused-ring (bicyclic) bond motifs is 3. The standard InChI is InChI=1S/C20H21N3O3S2/c1-3-9-23-19(25)17-13-6-4-8-15(13)28-18(17)22-20(23)27-11-16(24)21-12(2)14-7-5-10-26-14/h3,5,7,10,12H,1,4,6,8-9,11H2,2H3,(H,21,24)/t12-/m0/s1. The summed E-state index contributed by atoms with van der Waals surface area (Å²) in [5.41, 5.74) is 1.13. The van der Waals surface area contributed by atoms with Crippen molar-refractivity contribution in [3.05, 3.63) is 57.6 Å². The van der Waals surface area contributed by atoms with Crippen molar-refractivity contribution in [2.24, 2.45) is 0 Å². The van der Waals surface area contributed by atoms with Crippen LogP contribution in [-0.4, -0.2) is 21.2 Å². The Morgan fingerprint density at radius 2 is 2.39 bits per heavy atom. The highest BCUT2D eigenvalue weighted by Gasteiger charge is 2.23. The molecule has 0 bridgehead atoms. The number of thioether (sulfide) groups is 1. The van der Waals surface area contributed by atoms with Gasteiger partial charge in [-0.25, -0.2) is 4.98 Å². The molecule has 3 aromatic heterocycles. The van der Waals surface area contributed by atoms with Crippen molar-refractivity contribution in [3.8, 4) is 0 Å². The number of allylic oxidation sites excluding steroid dienone is 1. The lowest BCUT2D eigenvalue weighted by Crippen LogP contribution is -2.29. The Hall–Kier alpha value is -2.32. The Morgan fingerprint density at radius 1 is 1.54 bits per heavy atom. The summed E-state index contributed by atoms with van der Waals surface area (Å²) in [5, 5.41) is 4.20. The van der Waals surface area contributed by atoms with Crippen molar-refractivity contribution in [1.29, 1.82) is 0 Å². The molecule has 146 valence electrons. The smallest absolute Gasteiger partial charge is 0.263 e. The number of nitrogens with zero attached hydrogens (tertiary/aromatic N) is 2. The van der Waals surface area contributed by atoms with E-state index in [4.69, 9.17) is 9.40 Å². The molecule has 0 spiro atoms. The summed E-state index contributed by atoms with van der Waals surface area (Å²) in [4.78, 5) is 32.2. The molecule has 3 heterocycles. The number of hydrogen-bond donors (Lipinski definition) is 1. The zero-order valence-electron chi connectivity index (χ0n) is 15.6. The fourth-order valence-electron chi connectivity index (χ4n) is 3.48. The minimum absolute atomic E-state index is 0.0313. The highest BCUT2D eigenvalue weighted by Crippen LogP contribution is 2.35. The number of rotatable bonds is 7. The summed E-state index contributed by atoms with van der Waals surface area (Å²) in [7, 11) is 0. The minimum Gasteiger partial charge on any atom is -0.467 e. The SMILES string of the molecule is C=CCn1c(SCC(=O)N[C@@H](C)c2ccco2)nc2sc3c(c2c1=O)CCC3. The Labute approximate surface area is 170 Å². The van der Waals surface area contributed by atoms with Gasteiger partial charge in [0.2, 0.25) is 5.91 Å².